The number of aromatic nitrogens is 1. The van der Waals surface area contributed by atoms with Crippen LogP contribution in [0, 0.1) is 0 Å². The van der Waals surface area contributed by atoms with Crippen LogP contribution < -0.4 is 4.72 Å². The van der Waals surface area contributed by atoms with Gasteiger partial charge in [-0.3, -0.25) is 0 Å². The number of nitrogens with zero attached hydrogens (tertiary/aromatic N) is 1. The average Bonchev–Trinajstić information content (AvgIpc) is 2.96. The maximum Gasteiger partial charge on any atom is 0.416 e. The number of hydrogen-bond acceptors (Lipinski definition) is 4. The standard InChI is InChI=1S/C16H13F3N2O2S2/c17-16(18,19)11-4-3-5-12(10-11)25(22,23)20-9-8-15-21-13-6-1-2-7-14(13)24-15/h1-7,10,20H,8-9H2. The van der Waals surface area contributed by atoms with Crippen molar-refractivity contribution in [2.75, 3.05) is 6.54 Å². The average molecular weight is 386 g/mol. The van der Waals surface area contributed by atoms with Crippen molar-refractivity contribution in [2.24, 2.45) is 0 Å². The summed E-state index contributed by atoms with van der Waals surface area (Å²) < 4.78 is 65.8. The molecule has 0 saturated heterocycles. The van der Waals surface area contributed by atoms with Gasteiger partial charge in [-0.25, -0.2) is 18.1 Å². The van der Waals surface area contributed by atoms with E-state index in [1.807, 2.05) is 24.3 Å². The molecule has 132 valence electrons. The summed E-state index contributed by atoms with van der Waals surface area (Å²) in [5.74, 6) is 0. The zero-order valence-electron chi connectivity index (χ0n) is 12.7. The lowest BCUT2D eigenvalue weighted by molar-refractivity contribution is -0.137. The van der Waals surface area contributed by atoms with Crippen molar-refractivity contribution >= 4 is 31.6 Å². The van der Waals surface area contributed by atoms with E-state index >= 15 is 0 Å². The van der Waals surface area contributed by atoms with Gasteiger partial charge in [-0.05, 0) is 30.3 Å². The van der Waals surface area contributed by atoms with Gasteiger partial charge in [0.15, 0.2) is 0 Å². The second-order valence-electron chi connectivity index (χ2n) is 5.25. The van der Waals surface area contributed by atoms with E-state index in [4.69, 9.17) is 0 Å². The predicted molar refractivity (Wildman–Crippen MR) is 90.0 cm³/mol. The van der Waals surface area contributed by atoms with Crippen molar-refractivity contribution in [3.8, 4) is 0 Å². The monoisotopic (exact) mass is 386 g/mol. The minimum atomic E-state index is -4.59. The van der Waals surface area contributed by atoms with Gasteiger partial charge in [-0.2, -0.15) is 13.2 Å². The van der Waals surface area contributed by atoms with Crippen molar-refractivity contribution in [3.05, 3.63) is 59.1 Å². The Morgan fingerprint density at radius 3 is 2.56 bits per heavy atom. The van der Waals surface area contributed by atoms with Crippen LogP contribution in [-0.4, -0.2) is 19.9 Å². The lowest BCUT2D eigenvalue weighted by atomic mass is 10.2. The molecule has 0 aliphatic carbocycles. The quantitative estimate of drug-likeness (QED) is 0.725. The molecule has 1 heterocycles. The SMILES string of the molecule is O=S(=O)(NCCc1nc2ccccc2s1)c1cccc(C(F)(F)F)c1. The summed E-state index contributed by atoms with van der Waals surface area (Å²) in [6, 6.07) is 11.2. The number of para-hydroxylation sites is 1. The highest BCUT2D eigenvalue weighted by Crippen LogP contribution is 2.30. The molecule has 0 aliphatic rings. The summed E-state index contributed by atoms with van der Waals surface area (Å²) >= 11 is 1.45. The van der Waals surface area contributed by atoms with Crippen LogP contribution in [0.2, 0.25) is 0 Å². The summed E-state index contributed by atoms with van der Waals surface area (Å²) in [5.41, 5.74) is -0.162. The molecular formula is C16H13F3N2O2S2. The number of benzene rings is 2. The van der Waals surface area contributed by atoms with Crippen molar-refractivity contribution in [2.45, 2.75) is 17.5 Å². The smallest absolute Gasteiger partial charge is 0.241 e. The first-order chi connectivity index (χ1) is 11.8. The third-order valence-corrected chi connectivity index (χ3v) is 6.00. The zero-order valence-corrected chi connectivity index (χ0v) is 14.4. The van der Waals surface area contributed by atoms with E-state index in [1.54, 1.807) is 0 Å². The fourth-order valence-electron chi connectivity index (χ4n) is 2.24. The molecule has 1 N–H and O–H groups in total. The number of alkyl halides is 3. The molecule has 3 rings (SSSR count). The molecular weight excluding hydrogens is 373 g/mol. The fourth-order valence-corrected chi connectivity index (χ4v) is 4.29. The Balaban J connectivity index is 1.69. The number of hydrogen-bond donors (Lipinski definition) is 1. The van der Waals surface area contributed by atoms with Crippen LogP contribution in [0.15, 0.2) is 53.4 Å². The maximum atomic E-state index is 12.7. The van der Waals surface area contributed by atoms with Crippen LogP contribution in [0.5, 0.6) is 0 Å². The van der Waals surface area contributed by atoms with Gasteiger partial charge >= 0.3 is 6.18 Å². The van der Waals surface area contributed by atoms with Gasteiger partial charge in [-0.1, -0.05) is 18.2 Å². The highest BCUT2D eigenvalue weighted by molar-refractivity contribution is 7.89. The molecule has 0 amide bonds. The predicted octanol–water partition coefficient (Wildman–Crippen LogP) is 3.84. The van der Waals surface area contributed by atoms with Crippen molar-refractivity contribution in [1.82, 2.24) is 9.71 Å². The Kier molecular flexibility index (Phi) is 4.81. The number of thiazole rings is 1. The van der Waals surface area contributed by atoms with Crippen molar-refractivity contribution in [3.63, 3.8) is 0 Å². The van der Waals surface area contributed by atoms with E-state index in [-0.39, 0.29) is 6.54 Å². The summed E-state index contributed by atoms with van der Waals surface area (Å²) in [4.78, 5) is 3.98. The van der Waals surface area contributed by atoms with E-state index in [0.29, 0.717) is 12.5 Å². The molecule has 2 aromatic carbocycles. The summed E-state index contributed by atoms with van der Waals surface area (Å²) in [7, 11) is -4.02. The molecule has 0 bridgehead atoms. The second kappa shape index (κ2) is 6.74. The normalized spacial score (nSPS) is 12.6. The van der Waals surface area contributed by atoms with Gasteiger partial charge in [0.2, 0.25) is 10.0 Å². The molecule has 9 heteroatoms. The number of nitrogens with one attached hydrogen (secondary N) is 1. The van der Waals surface area contributed by atoms with E-state index in [9.17, 15) is 21.6 Å². The third kappa shape index (κ3) is 4.17. The topological polar surface area (TPSA) is 59.1 Å². The van der Waals surface area contributed by atoms with Crippen molar-refractivity contribution < 1.29 is 21.6 Å². The van der Waals surface area contributed by atoms with Crippen LogP contribution in [-0.2, 0) is 22.6 Å². The Bertz CT molecular complexity index is 965. The molecule has 25 heavy (non-hydrogen) atoms. The highest BCUT2D eigenvalue weighted by atomic mass is 32.2. The molecule has 0 spiro atoms. The first-order valence-corrected chi connectivity index (χ1v) is 9.57. The maximum absolute atomic E-state index is 12.7. The van der Waals surface area contributed by atoms with Crippen LogP contribution >= 0.6 is 11.3 Å². The van der Waals surface area contributed by atoms with E-state index in [2.05, 4.69) is 9.71 Å². The molecule has 0 atom stereocenters. The molecule has 3 aromatic rings. The van der Waals surface area contributed by atoms with Crippen LogP contribution in [0.3, 0.4) is 0 Å². The Labute approximate surface area is 146 Å². The molecule has 0 unspecified atom stereocenters. The Hall–Kier alpha value is -1.97. The minimum Gasteiger partial charge on any atom is -0.241 e. The summed E-state index contributed by atoms with van der Waals surface area (Å²) in [5, 5.41) is 0.757. The minimum absolute atomic E-state index is 0.0540. The van der Waals surface area contributed by atoms with Gasteiger partial charge in [-0.15, -0.1) is 11.3 Å². The van der Waals surface area contributed by atoms with E-state index in [0.717, 1.165) is 33.4 Å². The van der Waals surface area contributed by atoms with E-state index in [1.165, 1.54) is 11.3 Å². The van der Waals surface area contributed by atoms with Gasteiger partial charge in [0.05, 0.1) is 25.7 Å². The lowest BCUT2D eigenvalue weighted by Gasteiger charge is -2.10. The summed E-state index contributed by atoms with van der Waals surface area (Å²) in [6.45, 7) is 0.0540. The van der Waals surface area contributed by atoms with Gasteiger partial charge < -0.3 is 0 Å². The van der Waals surface area contributed by atoms with Gasteiger partial charge in [0.1, 0.15) is 0 Å². The Morgan fingerprint density at radius 1 is 1.08 bits per heavy atom. The molecule has 0 radical (unpaired) electrons. The number of halogens is 3. The number of rotatable bonds is 5. The molecule has 4 nitrogen and oxygen atoms in total. The highest BCUT2D eigenvalue weighted by Gasteiger charge is 2.31. The van der Waals surface area contributed by atoms with Crippen molar-refractivity contribution in [1.29, 1.82) is 0 Å². The zero-order chi connectivity index (χ0) is 18.1. The lowest BCUT2D eigenvalue weighted by Crippen LogP contribution is -2.26. The number of fused-ring (bicyclic) bond motifs is 1. The number of sulfonamides is 1. The van der Waals surface area contributed by atoms with Gasteiger partial charge in [0, 0.05) is 13.0 Å². The molecule has 0 fully saturated rings. The summed E-state index contributed by atoms with van der Waals surface area (Å²) in [6.07, 6.45) is -4.23. The van der Waals surface area contributed by atoms with Crippen LogP contribution in [0.25, 0.3) is 10.2 Å². The van der Waals surface area contributed by atoms with E-state index < -0.39 is 26.7 Å². The first-order valence-electron chi connectivity index (χ1n) is 7.27. The second-order valence-corrected chi connectivity index (χ2v) is 8.13. The van der Waals surface area contributed by atoms with Crippen LogP contribution in [0.4, 0.5) is 13.2 Å². The van der Waals surface area contributed by atoms with Gasteiger partial charge in [0.25, 0.3) is 0 Å². The molecule has 0 aliphatic heterocycles. The van der Waals surface area contributed by atoms with Crippen LogP contribution in [0.1, 0.15) is 10.6 Å². The largest absolute Gasteiger partial charge is 0.416 e. The third-order valence-electron chi connectivity index (χ3n) is 3.44. The fraction of sp³-hybridized carbons (Fsp3) is 0.188. The Morgan fingerprint density at radius 2 is 1.84 bits per heavy atom. The molecule has 1 aromatic heterocycles. The molecule has 0 saturated carbocycles. The first kappa shape index (κ1) is 17.8.